The second-order valence-corrected chi connectivity index (χ2v) is 6.47. The lowest BCUT2D eigenvalue weighted by molar-refractivity contribution is 0.101. The third kappa shape index (κ3) is 3.59. The Labute approximate surface area is 169 Å². The van der Waals surface area contributed by atoms with Crippen LogP contribution in [0, 0.1) is 17.5 Å². The molecule has 0 radical (unpaired) electrons. The molecule has 3 aromatic carbocycles. The van der Waals surface area contributed by atoms with Gasteiger partial charge in [-0.3, -0.25) is 9.89 Å². The zero-order chi connectivity index (χ0) is 21.3. The molecule has 0 atom stereocenters. The van der Waals surface area contributed by atoms with Gasteiger partial charge in [0.1, 0.15) is 17.1 Å². The molecule has 0 aliphatic carbocycles. The summed E-state index contributed by atoms with van der Waals surface area (Å²) in [6.07, 6.45) is 0. The number of amides is 1. The number of aromatic nitrogens is 2. The van der Waals surface area contributed by atoms with Crippen molar-refractivity contribution in [2.75, 3.05) is 11.9 Å². The Morgan fingerprint density at radius 2 is 1.80 bits per heavy atom. The molecule has 2 N–H and O–H groups in total. The van der Waals surface area contributed by atoms with Crippen molar-refractivity contribution < 1.29 is 22.7 Å². The molecular weight excluding hydrogens is 395 g/mol. The minimum Gasteiger partial charge on any atom is -0.494 e. The van der Waals surface area contributed by atoms with Crippen molar-refractivity contribution in [1.82, 2.24) is 10.2 Å². The van der Waals surface area contributed by atoms with Gasteiger partial charge >= 0.3 is 0 Å². The molecule has 8 heteroatoms. The van der Waals surface area contributed by atoms with Crippen molar-refractivity contribution in [2.45, 2.75) is 6.92 Å². The van der Waals surface area contributed by atoms with Crippen molar-refractivity contribution in [3.05, 3.63) is 77.6 Å². The van der Waals surface area contributed by atoms with Crippen LogP contribution in [-0.4, -0.2) is 22.7 Å². The van der Waals surface area contributed by atoms with Crippen LogP contribution in [0.3, 0.4) is 0 Å². The highest BCUT2D eigenvalue weighted by Crippen LogP contribution is 2.29. The van der Waals surface area contributed by atoms with E-state index in [2.05, 4.69) is 15.5 Å². The molecule has 1 heterocycles. The van der Waals surface area contributed by atoms with Crippen LogP contribution in [0.15, 0.2) is 54.6 Å². The lowest BCUT2D eigenvalue weighted by Gasteiger charge is -2.07. The van der Waals surface area contributed by atoms with Gasteiger partial charge in [0.15, 0.2) is 17.5 Å². The molecule has 152 valence electrons. The third-order valence-corrected chi connectivity index (χ3v) is 4.54. The van der Waals surface area contributed by atoms with Crippen LogP contribution in [0.1, 0.15) is 17.3 Å². The summed E-state index contributed by atoms with van der Waals surface area (Å²) in [6.45, 7) is 2.46. The number of anilines is 1. The van der Waals surface area contributed by atoms with Gasteiger partial charge in [-0.2, -0.15) is 5.10 Å². The highest BCUT2D eigenvalue weighted by molar-refractivity contribution is 6.08. The minimum absolute atomic E-state index is 0.0766. The SMILES string of the molecule is CCOc1cccc(-c2ccc3c(NC(=O)c4c(F)ccc(F)c4F)n[nH]c3c2)c1. The van der Waals surface area contributed by atoms with Crippen LogP contribution in [0.4, 0.5) is 19.0 Å². The topological polar surface area (TPSA) is 67.0 Å². The Morgan fingerprint density at radius 3 is 2.60 bits per heavy atom. The quantitative estimate of drug-likeness (QED) is 0.438. The molecule has 30 heavy (non-hydrogen) atoms. The summed E-state index contributed by atoms with van der Waals surface area (Å²) in [5.41, 5.74) is 1.40. The van der Waals surface area contributed by atoms with E-state index in [9.17, 15) is 18.0 Å². The fraction of sp³-hybridized carbons (Fsp3) is 0.0909. The van der Waals surface area contributed by atoms with E-state index in [-0.39, 0.29) is 5.82 Å². The number of nitrogens with zero attached hydrogens (tertiary/aromatic N) is 1. The van der Waals surface area contributed by atoms with Gasteiger partial charge < -0.3 is 10.1 Å². The average molecular weight is 411 g/mol. The summed E-state index contributed by atoms with van der Waals surface area (Å²) in [7, 11) is 0. The summed E-state index contributed by atoms with van der Waals surface area (Å²) >= 11 is 0. The molecule has 0 saturated carbocycles. The Kier molecular flexibility index (Phi) is 5.14. The van der Waals surface area contributed by atoms with Gasteiger partial charge in [-0.05, 0) is 54.4 Å². The standard InChI is InChI=1S/C22H16F3N3O2/c1-2-30-14-5-3-4-12(10-14)13-6-7-15-18(11-13)27-28-21(15)26-22(29)19-16(23)8-9-17(24)20(19)25/h3-11H,2H2,1H3,(H2,26,27,28,29). The number of H-pyrrole nitrogens is 1. The van der Waals surface area contributed by atoms with Crippen molar-refractivity contribution in [3.63, 3.8) is 0 Å². The second kappa shape index (κ2) is 7.90. The number of nitrogens with one attached hydrogen (secondary N) is 2. The number of hydrogen-bond acceptors (Lipinski definition) is 3. The maximum atomic E-state index is 13.9. The van der Waals surface area contributed by atoms with Crippen LogP contribution in [-0.2, 0) is 0 Å². The summed E-state index contributed by atoms with van der Waals surface area (Å²) in [6, 6.07) is 14.2. The Morgan fingerprint density at radius 1 is 1.03 bits per heavy atom. The molecule has 4 aromatic rings. The first-order valence-electron chi connectivity index (χ1n) is 9.14. The summed E-state index contributed by atoms with van der Waals surface area (Å²) in [4.78, 5) is 12.3. The molecule has 0 aliphatic rings. The number of carbonyl (C=O) groups excluding carboxylic acids is 1. The van der Waals surface area contributed by atoms with Crippen LogP contribution < -0.4 is 10.1 Å². The lowest BCUT2D eigenvalue weighted by Crippen LogP contribution is -2.17. The third-order valence-electron chi connectivity index (χ3n) is 4.54. The average Bonchev–Trinajstić information content (AvgIpc) is 3.13. The fourth-order valence-electron chi connectivity index (χ4n) is 3.13. The van der Waals surface area contributed by atoms with Crippen molar-refractivity contribution in [3.8, 4) is 16.9 Å². The molecule has 0 bridgehead atoms. The van der Waals surface area contributed by atoms with E-state index < -0.39 is 28.9 Å². The lowest BCUT2D eigenvalue weighted by atomic mass is 10.0. The van der Waals surface area contributed by atoms with E-state index in [4.69, 9.17) is 4.74 Å². The fourth-order valence-corrected chi connectivity index (χ4v) is 3.13. The maximum absolute atomic E-state index is 13.9. The number of fused-ring (bicyclic) bond motifs is 1. The number of rotatable bonds is 5. The van der Waals surface area contributed by atoms with Gasteiger partial charge in [0.2, 0.25) is 0 Å². The number of ether oxygens (including phenoxy) is 1. The van der Waals surface area contributed by atoms with Gasteiger partial charge in [0, 0.05) is 5.39 Å². The molecule has 0 unspecified atom stereocenters. The van der Waals surface area contributed by atoms with E-state index in [0.717, 1.165) is 16.9 Å². The number of carbonyl (C=O) groups is 1. The summed E-state index contributed by atoms with van der Waals surface area (Å²) < 4.78 is 46.6. The second-order valence-electron chi connectivity index (χ2n) is 6.47. The molecule has 1 amide bonds. The first-order valence-corrected chi connectivity index (χ1v) is 9.14. The van der Waals surface area contributed by atoms with Crippen molar-refractivity contribution in [1.29, 1.82) is 0 Å². The smallest absolute Gasteiger partial charge is 0.262 e. The van der Waals surface area contributed by atoms with Crippen LogP contribution >= 0.6 is 0 Å². The van der Waals surface area contributed by atoms with E-state index in [1.165, 1.54) is 0 Å². The van der Waals surface area contributed by atoms with Crippen molar-refractivity contribution >= 4 is 22.6 Å². The van der Waals surface area contributed by atoms with E-state index in [1.807, 2.05) is 43.3 Å². The molecule has 0 spiro atoms. The van der Waals surface area contributed by atoms with Crippen LogP contribution in [0.2, 0.25) is 0 Å². The van der Waals surface area contributed by atoms with Gasteiger partial charge in [-0.1, -0.05) is 18.2 Å². The maximum Gasteiger partial charge on any atom is 0.262 e. The molecule has 0 saturated heterocycles. The highest BCUT2D eigenvalue weighted by Gasteiger charge is 2.22. The van der Waals surface area contributed by atoms with Gasteiger partial charge in [-0.15, -0.1) is 0 Å². The molecular formula is C22H16F3N3O2. The predicted octanol–water partition coefficient (Wildman–Crippen LogP) is 5.30. The number of aromatic amines is 1. The predicted molar refractivity (Wildman–Crippen MR) is 107 cm³/mol. The summed E-state index contributed by atoms with van der Waals surface area (Å²) in [5, 5.41) is 9.64. The zero-order valence-electron chi connectivity index (χ0n) is 15.8. The molecule has 4 rings (SSSR count). The van der Waals surface area contributed by atoms with E-state index in [0.29, 0.717) is 29.6 Å². The monoisotopic (exact) mass is 411 g/mol. The highest BCUT2D eigenvalue weighted by atomic mass is 19.2. The first kappa shape index (κ1) is 19.5. The normalized spacial score (nSPS) is 10.9. The van der Waals surface area contributed by atoms with E-state index >= 15 is 0 Å². The molecule has 0 aliphatic heterocycles. The summed E-state index contributed by atoms with van der Waals surface area (Å²) in [5.74, 6) is -4.34. The largest absolute Gasteiger partial charge is 0.494 e. The number of hydrogen-bond donors (Lipinski definition) is 2. The molecule has 0 fully saturated rings. The Balaban J connectivity index is 1.64. The first-order chi connectivity index (χ1) is 14.5. The minimum atomic E-state index is -1.55. The zero-order valence-corrected chi connectivity index (χ0v) is 15.8. The number of benzene rings is 3. The van der Waals surface area contributed by atoms with Crippen LogP contribution in [0.5, 0.6) is 5.75 Å². The number of halogens is 3. The molecule has 5 nitrogen and oxygen atoms in total. The van der Waals surface area contributed by atoms with Gasteiger partial charge in [0.05, 0.1) is 12.1 Å². The van der Waals surface area contributed by atoms with Gasteiger partial charge in [0.25, 0.3) is 5.91 Å². The van der Waals surface area contributed by atoms with Crippen LogP contribution in [0.25, 0.3) is 22.0 Å². The molecule has 1 aromatic heterocycles. The Bertz CT molecular complexity index is 1250. The van der Waals surface area contributed by atoms with Crippen molar-refractivity contribution in [2.24, 2.45) is 0 Å². The van der Waals surface area contributed by atoms with Gasteiger partial charge in [-0.25, -0.2) is 13.2 Å². The Hall–Kier alpha value is -3.81. The van der Waals surface area contributed by atoms with E-state index in [1.54, 1.807) is 6.07 Å².